The van der Waals surface area contributed by atoms with Crippen molar-refractivity contribution in [3.63, 3.8) is 0 Å². The topological polar surface area (TPSA) is 18.5 Å². The molecule has 0 atom stereocenters. The lowest BCUT2D eigenvalue weighted by Crippen LogP contribution is -2.07. The molecule has 0 aromatic heterocycles. The van der Waals surface area contributed by atoms with Crippen molar-refractivity contribution in [2.24, 2.45) is 0 Å². The summed E-state index contributed by atoms with van der Waals surface area (Å²) in [5.74, 6) is 0.946. The zero-order valence-corrected chi connectivity index (χ0v) is 10.3. The minimum atomic E-state index is -2.86. The Labute approximate surface area is 104 Å². The van der Waals surface area contributed by atoms with Crippen LogP contribution < -0.4 is 9.47 Å². The molecule has 0 saturated carbocycles. The van der Waals surface area contributed by atoms with E-state index >= 15 is 0 Å². The van der Waals surface area contributed by atoms with Crippen LogP contribution in [0.25, 0.3) is 0 Å². The van der Waals surface area contributed by atoms with Crippen molar-refractivity contribution >= 4 is 11.6 Å². The molecule has 0 saturated heterocycles. The smallest absolute Gasteiger partial charge is 0.387 e. The summed E-state index contributed by atoms with van der Waals surface area (Å²) in [6.07, 6.45) is 1.29. The zero-order chi connectivity index (χ0) is 12.7. The van der Waals surface area contributed by atoms with Crippen LogP contribution in [0.1, 0.15) is 18.9 Å². The molecule has 0 radical (unpaired) electrons. The van der Waals surface area contributed by atoms with Gasteiger partial charge in [-0.3, -0.25) is 0 Å². The van der Waals surface area contributed by atoms with Crippen LogP contribution in [0.4, 0.5) is 8.78 Å². The Morgan fingerprint density at radius 1 is 1.35 bits per heavy atom. The van der Waals surface area contributed by atoms with Gasteiger partial charge in [-0.25, -0.2) is 0 Å². The van der Waals surface area contributed by atoms with Crippen LogP contribution in [0.3, 0.4) is 0 Å². The van der Waals surface area contributed by atoms with Crippen LogP contribution in [0.2, 0.25) is 0 Å². The Morgan fingerprint density at radius 2 is 2.12 bits per heavy atom. The fourth-order valence-electron chi connectivity index (χ4n) is 1.51. The fraction of sp³-hybridized carbons (Fsp3) is 0.500. The second-order valence-electron chi connectivity index (χ2n) is 3.35. The molecule has 0 aliphatic carbocycles. The normalized spacial score (nSPS) is 10.6. The third-order valence-corrected chi connectivity index (χ3v) is 2.41. The molecular formula is C12H15ClF2O2. The number of para-hydroxylation sites is 1. The summed E-state index contributed by atoms with van der Waals surface area (Å²) in [5, 5.41) is 0. The quantitative estimate of drug-likeness (QED) is 0.696. The van der Waals surface area contributed by atoms with Crippen molar-refractivity contribution in [2.45, 2.75) is 26.4 Å². The van der Waals surface area contributed by atoms with Gasteiger partial charge >= 0.3 is 6.61 Å². The van der Waals surface area contributed by atoms with Crippen molar-refractivity contribution < 1.29 is 18.3 Å². The Bertz CT molecular complexity index is 345. The lowest BCUT2D eigenvalue weighted by atomic mass is 10.1. The molecule has 0 N–H and O–H groups in total. The summed E-state index contributed by atoms with van der Waals surface area (Å²) in [7, 11) is 0. The van der Waals surface area contributed by atoms with Crippen molar-refractivity contribution in [2.75, 3.05) is 12.5 Å². The highest BCUT2D eigenvalue weighted by molar-refractivity contribution is 6.17. The highest BCUT2D eigenvalue weighted by atomic mass is 35.5. The van der Waals surface area contributed by atoms with E-state index in [-0.39, 0.29) is 5.75 Å². The third-order valence-electron chi connectivity index (χ3n) is 2.15. The van der Waals surface area contributed by atoms with Crippen molar-refractivity contribution in [1.82, 2.24) is 0 Å². The average molecular weight is 265 g/mol. The summed E-state index contributed by atoms with van der Waals surface area (Å²) in [6, 6.07) is 5.12. The van der Waals surface area contributed by atoms with Crippen LogP contribution in [-0.2, 0) is 6.42 Å². The standard InChI is InChI=1S/C12H15ClF2O2/c1-2-16-10-7-3-5-9(6-4-8-13)11(10)17-12(14)15/h3,5,7,12H,2,4,6,8H2,1H3. The second kappa shape index (κ2) is 7.33. The fourth-order valence-corrected chi connectivity index (χ4v) is 1.64. The number of alkyl halides is 3. The summed E-state index contributed by atoms with van der Waals surface area (Å²) < 4.78 is 34.5. The van der Waals surface area contributed by atoms with Crippen LogP contribution in [-0.4, -0.2) is 19.1 Å². The summed E-state index contributed by atoms with van der Waals surface area (Å²) in [4.78, 5) is 0. The molecule has 0 spiro atoms. The first-order chi connectivity index (χ1) is 8.19. The van der Waals surface area contributed by atoms with Gasteiger partial charge in [-0.1, -0.05) is 12.1 Å². The summed E-state index contributed by atoms with van der Waals surface area (Å²) in [5.41, 5.74) is 0.692. The van der Waals surface area contributed by atoms with E-state index in [0.29, 0.717) is 36.6 Å². The van der Waals surface area contributed by atoms with Gasteiger partial charge in [0, 0.05) is 5.88 Å². The number of hydrogen-bond donors (Lipinski definition) is 0. The van der Waals surface area contributed by atoms with E-state index in [1.807, 2.05) is 0 Å². The molecular weight excluding hydrogens is 250 g/mol. The van der Waals surface area contributed by atoms with Gasteiger partial charge in [-0.15, -0.1) is 11.6 Å². The Balaban J connectivity index is 2.96. The van der Waals surface area contributed by atoms with Gasteiger partial charge in [0.2, 0.25) is 0 Å². The zero-order valence-electron chi connectivity index (χ0n) is 9.59. The van der Waals surface area contributed by atoms with E-state index in [1.165, 1.54) is 0 Å². The maximum Gasteiger partial charge on any atom is 0.387 e. The van der Waals surface area contributed by atoms with E-state index in [0.717, 1.165) is 0 Å². The number of aryl methyl sites for hydroxylation is 1. The number of rotatable bonds is 7. The van der Waals surface area contributed by atoms with E-state index in [2.05, 4.69) is 4.74 Å². The molecule has 1 aromatic rings. The Morgan fingerprint density at radius 3 is 2.71 bits per heavy atom. The van der Waals surface area contributed by atoms with Gasteiger partial charge in [0.15, 0.2) is 11.5 Å². The van der Waals surface area contributed by atoms with E-state index in [1.54, 1.807) is 25.1 Å². The number of halogens is 3. The lowest BCUT2D eigenvalue weighted by Gasteiger charge is -2.15. The highest BCUT2D eigenvalue weighted by Gasteiger charge is 2.15. The van der Waals surface area contributed by atoms with Crippen LogP contribution >= 0.6 is 11.6 Å². The van der Waals surface area contributed by atoms with Crippen molar-refractivity contribution in [3.05, 3.63) is 23.8 Å². The molecule has 2 nitrogen and oxygen atoms in total. The van der Waals surface area contributed by atoms with Gasteiger partial charge in [0.1, 0.15) is 0 Å². The molecule has 0 amide bonds. The molecule has 5 heteroatoms. The monoisotopic (exact) mass is 264 g/mol. The molecule has 0 fully saturated rings. The molecule has 0 aliphatic rings. The van der Waals surface area contributed by atoms with Gasteiger partial charge in [-0.05, 0) is 31.4 Å². The van der Waals surface area contributed by atoms with Crippen LogP contribution in [0, 0.1) is 0 Å². The van der Waals surface area contributed by atoms with E-state index in [9.17, 15) is 8.78 Å². The van der Waals surface area contributed by atoms with Gasteiger partial charge < -0.3 is 9.47 Å². The number of ether oxygens (including phenoxy) is 2. The maximum atomic E-state index is 12.3. The largest absolute Gasteiger partial charge is 0.490 e. The average Bonchev–Trinajstić information content (AvgIpc) is 2.29. The lowest BCUT2D eigenvalue weighted by molar-refractivity contribution is -0.0520. The first-order valence-corrected chi connectivity index (χ1v) is 5.98. The van der Waals surface area contributed by atoms with Crippen molar-refractivity contribution in [1.29, 1.82) is 0 Å². The maximum absolute atomic E-state index is 12.3. The molecule has 96 valence electrons. The number of benzene rings is 1. The second-order valence-corrected chi connectivity index (χ2v) is 3.73. The van der Waals surface area contributed by atoms with Crippen LogP contribution in [0.15, 0.2) is 18.2 Å². The molecule has 1 rings (SSSR count). The predicted molar refractivity (Wildman–Crippen MR) is 63.3 cm³/mol. The van der Waals surface area contributed by atoms with Gasteiger partial charge in [-0.2, -0.15) is 8.78 Å². The first-order valence-electron chi connectivity index (χ1n) is 5.44. The number of hydrogen-bond acceptors (Lipinski definition) is 2. The summed E-state index contributed by atoms with van der Waals surface area (Å²) in [6.45, 7) is -0.665. The van der Waals surface area contributed by atoms with Crippen molar-refractivity contribution in [3.8, 4) is 11.5 Å². The molecule has 1 aromatic carbocycles. The third kappa shape index (κ3) is 4.38. The molecule has 0 unspecified atom stereocenters. The predicted octanol–water partition coefficient (Wildman–Crippen LogP) is 3.86. The minimum Gasteiger partial charge on any atom is -0.490 e. The van der Waals surface area contributed by atoms with Crippen LogP contribution in [0.5, 0.6) is 11.5 Å². The van der Waals surface area contributed by atoms with Gasteiger partial charge in [0.05, 0.1) is 6.61 Å². The molecule has 0 bridgehead atoms. The highest BCUT2D eigenvalue weighted by Crippen LogP contribution is 2.33. The van der Waals surface area contributed by atoms with E-state index in [4.69, 9.17) is 16.3 Å². The molecule has 17 heavy (non-hydrogen) atoms. The molecule has 0 heterocycles. The first kappa shape index (κ1) is 14.0. The van der Waals surface area contributed by atoms with Gasteiger partial charge in [0.25, 0.3) is 0 Å². The van der Waals surface area contributed by atoms with E-state index < -0.39 is 6.61 Å². The SMILES string of the molecule is CCOc1cccc(CCCCl)c1OC(F)F. The summed E-state index contributed by atoms with van der Waals surface area (Å²) >= 11 is 5.59. The Hall–Kier alpha value is -1.03. The Kier molecular flexibility index (Phi) is 6.05. The molecule has 0 aliphatic heterocycles. The minimum absolute atomic E-state index is 0.120.